The van der Waals surface area contributed by atoms with Gasteiger partial charge >= 0.3 is 0 Å². The fourth-order valence-corrected chi connectivity index (χ4v) is 2.37. The molecule has 7 heteroatoms. The molecule has 0 fully saturated rings. The van der Waals surface area contributed by atoms with Crippen LogP contribution in [0.1, 0.15) is 18.4 Å². The summed E-state index contributed by atoms with van der Waals surface area (Å²) in [7, 11) is 6.41. The molecule has 2 amide bonds. The zero-order valence-electron chi connectivity index (χ0n) is 13.8. The quantitative estimate of drug-likeness (QED) is 0.819. The maximum Gasteiger partial charge on any atom is 0.270 e. The molecule has 1 heterocycles. The predicted molar refractivity (Wildman–Crippen MR) is 85.5 cm³/mol. The number of carbonyl (C=O) groups excluding carboxylic acids is 2. The normalized spacial score (nSPS) is 14.3. The molecule has 7 nitrogen and oxygen atoms in total. The second-order valence-electron chi connectivity index (χ2n) is 5.31. The second kappa shape index (κ2) is 7.13. The Bertz CT molecular complexity index is 642. The molecule has 0 unspecified atom stereocenters. The van der Waals surface area contributed by atoms with Crippen molar-refractivity contribution in [3.8, 4) is 11.5 Å². The van der Waals surface area contributed by atoms with E-state index in [0.29, 0.717) is 36.6 Å². The highest BCUT2D eigenvalue weighted by atomic mass is 16.5. The molecule has 2 rings (SSSR count). The largest absolute Gasteiger partial charge is 0.493 e. The van der Waals surface area contributed by atoms with Crippen LogP contribution < -0.4 is 9.47 Å². The van der Waals surface area contributed by atoms with Crippen molar-refractivity contribution in [2.24, 2.45) is 5.10 Å². The van der Waals surface area contributed by atoms with Crippen LogP contribution in [0.2, 0.25) is 0 Å². The van der Waals surface area contributed by atoms with Gasteiger partial charge in [-0.2, -0.15) is 5.10 Å². The van der Waals surface area contributed by atoms with Crippen LogP contribution in [-0.4, -0.2) is 55.7 Å². The van der Waals surface area contributed by atoms with Crippen molar-refractivity contribution in [1.29, 1.82) is 0 Å². The van der Waals surface area contributed by atoms with Crippen LogP contribution in [0.5, 0.6) is 11.5 Å². The van der Waals surface area contributed by atoms with Crippen LogP contribution in [-0.2, 0) is 16.1 Å². The van der Waals surface area contributed by atoms with E-state index >= 15 is 0 Å². The lowest BCUT2D eigenvalue weighted by Crippen LogP contribution is -2.38. The van der Waals surface area contributed by atoms with E-state index in [2.05, 4.69) is 5.10 Å². The third-order valence-corrected chi connectivity index (χ3v) is 3.67. The Morgan fingerprint density at radius 3 is 2.57 bits per heavy atom. The number of methoxy groups -OCH3 is 2. The van der Waals surface area contributed by atoms with Crippen LogP contribution in [0.15, 0.2) is 23.3 Å². The van der Waals surface area contributed by atoms with Gasteiger partial charge in [-0.25, -0.2) is 5.01 Å². The van der Waals surface area contributed by atoms with Crippen molar-refractivity contribution in [1.82, 2.24) is 9.91 Å². The predicted octanol–water partition coefficient (Wildman–Crippen LogP) is 1.27. The van der Waals surface area contributed by atoms with Crippen LogP contribution in [0.25, 0.3) is 0 Å². The molecule has 0 spiro atoms. The molecule has 0 N–H and O–H groups in total. The minimum Gasteiger partial charge on any atom is -0.493 e. The lowest BCUT2D eigenvalue weighted by Gasteiger charge is -2.23. The first kappa shape index (κ1) is 16.8. The molecule has 1 aliphatic rings. The summed E-state index contributed by atoms with van der Waals surface area (Å²) in [5, 5.41) is 5.27. The van der Waals surface area contributed by atoms with Gasteiger partial charge in [-0.05, 0) is 17.7 Å². The van der Waals surface area contributed by atoms with E-state index in [-0.39, 0.29) is 11.8 Å². The number of hydrogen-bond acceptors (Lipinski definition) is 5. The van der Waals surface area contributed by atoms with Crippen LogP contribution in [0.3, 0.4) is 0 Å². The second-order valence-corrected chi connectivity index (χ2v) is 5.31. The Kier molecular flexibility index (Phi) is 5.20. The molecule has 1 aromatic carbocycles. The average molecular weight is 319 g/mol. The Balaban J connectivity index is 2.09. The highest BCUT2D eigenvalue weighted by Crippen LogP contribution is 2.28. The molecular formula is C16H21N3O4. The Morgan fingerprint density at radius 1 is 1.26 bits per heavy atom. The van der Waals surface area contributed by atoms with Crippen molar-refractivity contribution in [3.05, 3.63) is 23.8 Å². The summed E-state index contributed by atoms with van der Waals surface area (Å²) in [6, 6.07) is 5.52. The molecule has 0 bridgehead atoms. The number of hydrogen-bond donors (Lipinski definition) is 0. The van der Waals surface area contributed by atoms with Gasteiger partial charge < -0.3 is 14.4 Å². The zero-order chi connectivity index (χ0) is 17.0. The van der Waals surface area contributed by atoms with Crippen molar-refractivity contribution >= 4 is 17.5 Å². The fraction of sp³-hybridized carbons (Fsp3) is 0.438. The van der Waals surface area contributed by atoms with Gasteiger partial charge in [0.05, 0.1) is 14.2 Å². The summed E-state index contributed by atoms with van der Waals surface area (Å²) in [5.41, 5.74) is 1.31. The smallest absolute Gasteiger partial charge is 0.270 e. The van der Waals surface area contributed by atoms with Gasteiger partial charge in [0.1, 0.15) is 5.71 Å². The third kappa shape index (κ3) is 3.80. The number of nitrogens with zero attached hydrogens (tertiary/aromatic N) is 3. The summed E-state index contributed by atoms with van der Waals surface area (Å²) in [5.74, 6) is 0.997. The van der Waals surface area contributed by atoms with E-state index in [4.69, 9.17) is 9.47 Å². The molecule has 0 aromatic heterocycles. The van der Waals surface area contributed by atoms with Crippen LogP contribution >= 0.6 is 0 Å². The summed E-state index contributed by atoms with van der Waals surface area (Å²) < 4.78 is 10.5. The molecule has 1 aliphatic heterocycles. The van der Waals surface area contributed by atoms with E-state index in [0.717, 1.165) is 5.56 Å². The number of ether oxygens (including phenoxy) is 2. The topological polar surface area (TPSA) is 71.4 Å². The number of hydrazone groups is 1. The average Bonchev–Trinajstić information content (AvgIpc) is 2.56. The van der Waals surface area contributed by atoms with Crippen molar-refractivity contribution in [2.75, 3.05) is 28.3 Å². The molecular weight excluding hydrogens is 298 g/mol. The maximum absolute atomic E-state index is 12.4. The van der Waals surface area contributed by atoms with Gasteiger partial charge in [0, 0.05) is 33.5 Å². The summed E-state index contributed by atoms with van der Waals surface area (Å²) in [6.45, 7) is 0.413. The van der Waals surface area contributed by atoms with Gasteiger partial charge in [-0.1, -0.05) is 6.07 Å². The number of benzene rings is 1. The maximum atomic E-state index is 12.4. The van der Waals surface area contributed by atoms with E-state index in [1.54, 1.807) is 39.3 Å². The van der Waals surface area contributed by atoms with E-state index in [9.17, 15) is 9.59 Å². The first-order valence-electron chi connectivity index (χ1n) is 7.26. The standard InChI is InChI=1S/C16H21N3O4/c1-18(16(21)12-6-8-15(20)19(2)17-12)10-11-5-7-13(22-3)14(9-11)23-4/h5,7,9H,6,8,10H2,1-4H3. The van der Waals surface area contributed by atoms with Gasteiger partial charge in [0.25, 0.3) is 5.91 Å². The lowest BCUT2D eigenvalue weighted by molar-refractivity contribution is -0.130. The van der Waals surface area contributed by atoms with Crippen molar-refractivity contribution in [2.45, 2.75) is 19.4 Å². The Morgan fingerprint density at radius 2 is 1.96 bits per heavy atom. The summed E-state index contributed by atoms with van der Waals surface area (Å²) in [6.07, 6.45) is 0.684. The van der Waals surface area contributed by atoms with Crippen LogP contribution in [0, 0.1) is 0 Å². The van der Waals surface area contributed by atoms with Crippen LogP contribution in [0.4, 0.5) is 0 Å². The first-order valence-corrected chi connectivity index (χ1v) is 7.26. The SMILES string of the molecule is COc1ccc(CN(C)C(=O)C2=NN(C)C(=O)CC2)cc1OC. The Hall–Kier alpha value is -2.57. The molecule has 0 saturated heterocycles. The molecule has 0 radical (unpaired) electrons. The monoisotopic (exact) mass is 319 g/mol. The molecule has 124 valence electrons. The van der Waals surface area contributed by atoms with E-state index in [1.807, 2.05) is 12.1 Å². The van der Waals surface area contributed by atoms with E-state index < -0.39 is 0 Å². The number of rotatable bonds is 5. The molecule has 23 heavy (non-hydrogen) atoms. The number of carbonyl (C=O) groups is 2. The minimum atomic E-state index is -0.181. The number of amides is 2. The molecule has 0 saturated carbocycles. The van der Waals surface area contributed by atoms with Crippen molar-refractivity contribution in [3.63, 3.8) is 0 Å². The first-order chi connectivity index (χ1) is 11.0. The van der Waals surface area contributed by atoms with Gasteiger partial charge in [-0.15, -0.1) is 0 Å². The van der Waals surface area contributed by atoms with E-state index in [1.165, 1.54) is 5.01 Å². The third-order valence-electron chi connectivity index (χ3n) is 3.67. The van der Waals surface area contributed by atoms with Gasteiger partial charge in [-0.3, -0.25) is 9.59 Å². The van der Waals surface area contributed by atoms with Gasteiger partial charge in [0.15, 0.2) is 11.5 Å². The fourth-order valence-electron chi connectivity index (χ4n) is 2.37. The van der Waals surface area contributed by atoms with Gasteiger partial charge in [0.2, 0.25) is 5.91 Å². The molecule has 0 atom stereocenters. The lowest BCUT2D eigenvalue weighted by atomic mass is 10.1. The Labute approximate surface area is 135 Å². The van der Waals surface area contributed by atoms with Crippen molar-refractivity contribution < 1.29 is 19.1 Å². The zero-order valence-corrected chi connectivity index (χ0v) is 13.8. The highest BCUT2D eigenvalue weighted by Gasteiger charge is 2.24. The molecule has 0 aliphatic carbocycles. The summed E-state index contributed by atoms with van der Waals surface area (Å²) in [4.78, 5) is 25.4. The highest BCUT2D eigenvalue weighted by molar-refractivity contribution is 6.39. The summed E-state index contributed by atoms with van der Waals surface area (Å²) >= 11 is 0. The molecule has 1 aromatic rings. The minimum absolute atomic E-state index is 0.0795.